The fraction of sp³-hybridized carbons (Fsp3) is 0.438. The van der Waals surface area contributed by atoms with Crippen molar-refractivity contribution in [2.45, 2.75) is 25.2 Å². The number of nitrogens with one attached hydrogen (secondary N) is 2. The number of hydrogen-bond donors (Lipinski definition) is 2. The minimum atomic E-state index is -0.533. The van der Waals surface area contributed by atoms with Gasteiger partial charge in [0.15, 0.2) is 0 Å². The van der Waals surface area contributed by atoms with Gasteiger partial charge < -0.3 is 9.55 Å². The fourth-order valence-corrected chi connectivity index (χ4v) is 3.39. The molecule has 6 nitrogen and oxygen atoms in total. The van der Waals surface area contributed by atoms with Gasteiger partial charge in [-0.25, -0.2) is 4.79 Å². The Morgan fingerprint density at radius 1 is 1.23 bits per heavy atom. The van der Waals surface area contributed by atoms with Crippen molar-refractivity contribution in [1.82, 2.24) is 14.5 Å². The Kier molecular flexibility index (Phi) is 2.76. The number of aryl methyl sites for hydroxylation is 1. The summed E-state index contributed by atoms with van der Waals surface area (Å²) < 4.78 is 1.53. The van der Waals surface area contributed by atoms with Crippen LogP contribution in [0.5, 0.6) is 0 Å². The van der Waals surface area contributed by atoms with Crippen molar-refractivity contribution in [3.8, 4) is 11.1 Å². The van der Waals surface area contributed by atoms with Crippen molar-refractivity contribution >= 4 is 0 Å². The summed E-state index contributed by atoms with van der Waals surface area (Å²) in [5.74, 6) is 1.75. The van der Waals surface area contributed by atoms with Gasteiger partial charge in [0.2, 0.25) is 0 Å². The highest BCUT2D eigenvalue weighted by atomic mass is 16.2. The summed E-state index contributed by atoms with van der Waals surface area (Å²) in [7, 11) is 1.70. The molecule has 22 heavy (non-hydrogen) atoms. The maximum Gasteiger partial charge on any atom is 0.325 e. The number of rotatable bonds is 3. The van der Waals surface area contributed by atoms with Gasteiger partial charge in [0, 0.05) is 30.6 Å². The van der Waals surface area contributed by atoms with Crippen LogP contribution in [-0.2, 0) is 7.05 Å². The summed E-state index contributed by atoms with van der Waals surface area (Å²) in [5, 5.41) is 0. The van der Waals surface area contributed by atoms with Gasteiger partial charge in [-0.1, -0.05) is 0 Å². The number of H-pyrrole nitrogens is 2. The first-order valence-electron chi connectivity index (χ1n) is 7.57. The Labute approximate surface area is 125 Å². The zero-order valence-electron chi connectivity index (χ0n) is 12.3. The molecule has 6 heteroatoms. The van der Waals surface area contributed by atoms with Crippen LogP contribution in [0.2, 0.25) is 0 Å². The third-order valence-electron chi connectivity index (χ3n) is 4.81. The largest absolute Gasteiger partial charge is 0.325 e. The zero-order valence-corrected chi connectivity index (χ0v) is 12.3. The lowest BCUT2D eigenvalue weighted by Crippen LogP contribution is -2.24. The average molecular weight is 299 g/mol. The topological polar surface area (TPSA) is 87.7 Å². The van der Waals surface area contributed by atoms with Crippen LogP contribution in [0.4, 0.5) is 0 Å². The van der Waals surface area contributed by atoms with E-state index in [2.05, 4.69) is 9.97 Å². The minimum absolute atomic E-state index is 0.0118. The van der Waals surface area contributed by atoms with Crippen LogP contribution in [0.3, 0.4) is 0 Å². The summed E-state index contributed by atoms with van der Waals surface area (Å²) in [6, 6.07) is 1.82. The van der Waals surface area contributed by atoms with Crippen LogP contribution in [0.25, 0.3) is 11.1 Å². The van der Waals surface area contributed by atoms with E-state index in [0.717, 1.165) is 17.9 Å². The van der Waals surface area contributed by atoms with E-state index in [4.69, 9.17) is 0 Å². The van der Waals surface area contributed by atoms with Crippen molar-refractivity contribution < 1.29 is 0 Å². The van der Waals surface area contributed by atoms with Crippen molar-refractivity contribution in [3.63, 3.8) is 0 Å². The molecule has 0 bridgehead atoms. The maximum atomic E-state index is 12.4. The van der Waals surface area contributed by atoms with Crippen LogP contribution in [0, 0.1) is 11.8 Å². The summed E-state index contributed by atoms with van der Waals surface area (Å²) in [6.07, 6.45) is 6.67. The molecule has 0 amide bonds. The molecule has 114 valence electrons. The number of aromatic nitrogens is 3. The Hall–Kier alpha value is -2.37. The van der Waals surface area contributed by atoms with E-state index in [1.165, 1.54) is 23.6 Å². The molecule has 2 N–H and O–H groups in total. The number of hydrogen-bond acceptors (Lipinski definition) is 3. The Morgan fingerprint density at radius 2 is 2.00 bits per heavy atom. The number of aromatic amines is 2. The first-order valence-corrected chi connectivity index (χ1v) is 7.57. The fourth-order valence-electron chi connectivity index (χ4n) is 3.39. The molecule has 2 aliphatic carbocycles. The number of pyridine rings is 1. The van der Waals surface area contributed by atoms with Crippen LogP contribution in [0.15, 0.2) is 32.8 Å². The van der Waals surface area contributed by atoms with E-state index in [9.17, 15) is 14.4 Å². The van der Waals surface area contributed by atoms with Gasteiger partial charge in [0.05, 0.1) is 5.56 Å². The molecule has 2 saturated carbocycles. The van der Waals surface area contributed by atoms with Crippen LogP contribution in [-0.4, -0.2) is 14.5 Å². The van der Waals surface area contributed by atoms with Gasteiger partial charge in [-0.2, -0.15) is 0 Å². The van der Waals surface area contributed by atoms with E-state index >= 15 is 0 Å². The molecule has 2 aromatic heterocycles. The quantitative estimate of drug-likeness (QED) is 0.884. The van der Waals surface area contributed by atoms with E-state index in [1.54, 1.807) is 13.2 Å². The van der Waals surface area contributed by atoms with Crippen LogP contribution < -0.4 is 16.8 Å². The van der Waals surface area contributed by atoms with Gasteiger partial charge in [-0.3, -0.25) is 14.6 Å². The average Bonchev–Trinajstić information content (AvgIpc) is 3.34. The molecule has 2 atom stereocenters. The first kappa shape index (κ1) is 13.3. The standard InChI is InChI=1S/C16H17N3O3/c1-19-7-9(13-6-17-16(22)18-14(13)20)4-12(15(19)21)11-5-10(11)8-2-3-8/h4,6-8,10-11H,2-3,5H2,1H3,(H2,17,18,20,22)/t10-,11+/m1/s1. The minimum Gasteiger partial charge on any atom is -0.318 e. The highest BCUT2D eigenvalue weighted by Crippen LogP contribution is 2.58. The summed E-state index contributed by atoms with van der Waals surface area (Å²) in [5.41, 5.74) is 0.869. The first-order chi connectivity index (χ1) is 10.5. The van der Waals surface area contributed by atoms with Crippen LogP contribution >= 0.6 is 0 Å². The van der Waals surface area contributed by atoms with Gasteiger partial charge in [-0.15, -0.1) is 0 Å². The highest BCUT2D eigenvalue weighted by molar-refractivity contribution is 5.61. The molecule has 0 radical (unpaired) electrons. The third-order valence-corrected chi connectivity index (χ3v) is 4.81. The second-order valence-corrected chi connectivity index (χ2v) is 6.43. The second kappa shape index (κ2) is 4.56. The molecule has 2 aromatic rings. The van der Waals surface area contributed by atoms with Crippen molar-refractivity contribution in [1.29, 1.82) is 0 Å². The van der Waals surface area contributed by atoms with E-state index in [0.29, 0.717) is 23.0 Å². The predicted molar refractivity (Wildman–Crippen MR) is 81.9 cm³/mol. The van der Waals surface area contributed by atoms with Crippen molar-refractivity contribution in [2.75, 3.05) is 0 Å². The smallest absolute Gasteiger partial charge is 0.318 e. The SMILES string of the molecule is Cn1cc(-c2c[nH]c(=O)[nH]c2=O)cc([C@H]2C[C@@H]2C2CC2)c1=O. The molecule has 0 aromatic carbocycles. The molecular formula is C16H17N3O3. The monoisotopic (exact) mass is 299 g/mol. The molecule has 0 unspecified atom stereocenters. The Bertz CT molecular complexity index is 917. The molecule has 2 heterocycles. The molecule has 0 saturated heterocycles. The van der Waals surface area contributed by atoms with Gasteiger partial charge >= 0.3 is 5.69 Å². The van der Waals surface area contributed by atoms with E-state index in [1.807, 2.05) is 6.07 Å². The lowest BCUT2D eigenvalue weighted by molar-refractivity contribution is 0.683. The third kappa shape index (κ3) is 2.15. The Balaban J connectivity index is 1.80. The summed E-state index contributed by atoms with van der Waals surface area (Å²) in [4.78, 5) is 40.2. The van der Waals surface area contributed by atoms with Gasteiger partial charge in [0.1, 0.15) is 0 Å². The van der Waals surface area contributed by atoms with E-state index < -0.39 is 11.2 Å². The number of nitrogens with zero attached hydrogens (tertiary/aromatic N) is 1. The molecule has 4 rings (SSSR count). The molecular weight excluding hydrogens is 282 g/mol. The molecule has 2 fully saturated rings. The lowest BCUT2D eigenvalue weighted by atomic mass is 10.0. The van der Waals surface area contributed by atoms with E-state index in [-0.39, 0.29) is 5.56 Å². The second-order valence-electron chi connectivity index (χ2n) is 6.43. The highest BCUT2D eigenvalue weighted by Gasteiger charge is 2.49. The van der Waals surface area contributed by atoms with Gasteiger partial charge in [0.25, 0.3) is 11.1 Å². The van der Waals surface area contributed by atoms with Gasteiger partial charge in [-0.05, 0) is 43.1 Å². The summed E-state index contributed by atoms with van der Waals surface area (Å²) in [6.45, 7) is 0. The van der Waals surface area contributed by atoms with Crippen LogP contribution in [0.1, 0.15) is 30.7 Å². The molecule has 0 spiro atoms. The van der Waals surface area contributed by atoms with Crippen molar-refractivity contribution in [3.05, 3.63) is 55.2 Å². The zero-order chi connectivity index (χ0) is 15.4. The predicted octanol–water partition coefficient (Wildman–Crippen LogP) is 0.942. The Morgan fingerprint density at radius 3 is 2.68 bits per heavy atom. The lowest BCUT2D eigenvalue weighted by Gasteiger charge is -2.08. The summed E-state index contributed by atoms with van der Waals surface area (Å²) >= 11 is 0. The normalized spacial score (nSPS) is 23.5. The molecule has 0 aliphatic heterocycles. The molecule has 2 aliphatic rings. The van der Waals surface area contributed by atoms with Crippen molar-refractivity contribution in [2.24, 2.45) is 18.9 Å². The maximum absolute atomic E-state index is 12.4.